The van der Waals surface area contributed by atoms with Crippen molar-refractivity contribution in [3.05, 3.63) is 28.8 Å². The lowest BCUT2D eigenvalue weighted by atomic mass is 10.2. The molecule has 94 valence electrons. The Morgan fingerprint density at radius 3 is 3.06 bits per heavy atom. The lowest BCUT2D eigenvalue weighted by molar-refractivity contribution is 0.219. The maximum absolute atomic E-state index is 11.3. The summed E-state index contributed by atoms with van der Waals surface area (Å²) >= 11 is 6.01. The van der Waals surface area contributed by atoms with Crippen LogP contribution in [0.5, 0.6) is 0 Å². The van der Waals surface area contributed by atoms with Gasteiger partial charge < -0.3 is 15.5 Å². The van der Waals surface area contributed by atoms with E-state index in [9.17, 15) is 4.79 Å². The Hall–Kier alpha value is -1.93. The Labute approximate surface area is 110 Å². The van der Waals surface area contributed by atoms with E-state index in [0.717, 1.165) is 12.2 Å². The van der Waals surface area contributed by atoms with Gasteiger partial charge in [0.1, 0.15) is 0 Å². The molecule has 0 saturated carbocycles. The van der Waals surface area contributed by atoms with Crippen LogP contribution in [-0.2, 0) is 0 Å². The van der Waals surface area contributed by atoms with Gasteiger partial charge in [-0.15, -0.1) is 0 Å². The van der Waals surface area contributed by atoms with Crippen molar-refractivity contribution in [2.45, 2.75) is 0 Å². The van der Waals surface area contributed by atoms with Crippen LogP contribution in [0.4, 0.5) is 10.5 Å². The van der Waals surface area contributed by atoms with E-state index in [2.05, 4.69) is 16.7 Å². The first kappa shape index (κ1) is 12.5. The van der Waals surface area contributed by atoms with E-state index in [4.69, 9.17) is 16.9 Å². The van der Waals surface area contributed by atoms with E-state index in [1.54, 1.807) is 23.1 Å². The molecule has 0 aliphatic carbocycles. The van der Waals surface area contributed by atoms with Crippen LogP contribution in [0.25, 0.3) is 0 Å². The first-order chi connectivity index (χ1) is 8.70. The second-order valence-electron chi connectivity index (χ2n) is 3.95. The molecule has 0 unspecified atom stereocenters. The van der Waals surface area contributed by atoms with Crippen LogP contribution < -0.4 is 10.6 Å². The lowest BCUT2D eigenvalue weighted by Gasteiger charge is -2.15. The van der Waals surface area contributed by atoms with Gasteiger partial charge >= 0.3 is 6.03 Å². The Kier molecular flexibility index (Phi) is 3.90. The van der Waals surface area contributed by atoms with Gasteiger partial charge in [0.2, 0.25) is 0 Å². The molecule has 0 radical (unpaired) electrons. The molecule has 6 heteroatoms. The van der Waals surface area contributed by atoms with Gasteiger partial charge in [0.15, 0.2) is 0 Å². The van der Waals surface area contributed by atoms with E-state index < -0.39 is 0 Å². The highest BCUT2D eigenvalue weighted by Crippen LogP contribution is 2.22. The van der Waals surface area contributed by atoms with Crippen LogP contribution in [-0.4, -0.2) is 37.1 Å². The van der Waals surface area contributed by atoms with Crippen molar-refractivity contribution in [2.24, 2.45) is 0 Å². The first-order valence-corrected chi connectivity index (χ1v) is 6.05. The molecule has 1 aliphatic rings. The minimum absolute atomic E-state index is 0.0336. The van der Waals surface area contributed by atoms with Crippen molar-refractivity contribution >= 4 is 23.3 Å². The summed E-state index contributed by atoms with van der Waals surface area (Å²) in [6.45, 7) is 2.64. The van der Waals surface area contributed by atoms with Gasteiger partial charge in [0.25, 0.3) is 0 Å². The molecule has 1 aromatic carbocycles. The molecule has 2 amide bonds. The second kappa shape index (κ2) is 5.61. The van der Waals surface area contributed by atoms with Gasteiger partial charge in [-0.1, -0.05) is 11.6 Å². The van der Waals surface area contributed by atoms with Crippen molar-refractivity contribution in [1.82, 2.24) is 10.2 Å². The predicted molar refractivity (Wildman–Crippen MR) is 69.6 cm³/mol. The summed E-state index contributed by atoms with van der Waals surface area (Å²) in [5.41, 5.74) is 1.27. The highest BCUT2D eigenvalue weighted by Gasteiger charge is 2.18. The molecule has 1 heterocycles. The van der Waals surface area contributed by atoms with Gasteiger partial charge in [0, 0.05) is 26.2 Å². The number of anilines is 1. The molecule has 0 spiro atoms. The molecule has 0 bridgehead atoms. The lowest BCUT2D eigenvalue weighted by Crippen LogP contribution is -2.32. The quantitative estimate of drug-likeness (QED) is 0.869. The topological polar surface area (TPSA) is 68.2 Å². The number of urea groups is 1. The van der Waals surface area contributed by atoms with Gasteiger partial charge in [-0.25, -0.2) is 4.79 Å². The molecule has 1 aromatic rings. The van der Waals surface area contributed by atoms with Crippen molar-refractivity contribution in [1.29, 1.82) is 5.26 Å². The minimum atomic E-state index is -0.0336. The second-order valence-corrected chi connectivity index (χ2v) is 4.36. The van der Waals surface area contributed by atoms with Crippen molar-refractivity contribution in [3.63, 3.8) is 0 Å². The summed E-state index contributed by atoms with van der Waals surface area (Å²) in [5, 5.41) is 15.2. The summed E-state index contributed by atoms with van der Waals surface area (Å²) in [6.07, 6.45) is 0. The van der Waals surface area contributed by atoms with E-state index >= 15 is 0 Å². The summed E-state index contributed by atoms with van der Waals surface area (Å²) in [6, 6.07) is 7.08. The molecule has 1 saturated heterocycles. The van der Waals surface area contributed by atoms with Crippen LogP contribution in [0.2, 0.25) is 5.02 Å². The predicted octanol–water partition coefficient (Wildman–Crippen LogP) is 1.65. The van der Waals surface area contributed by atoms with Gasteiger partial charge in [-0.3, -0.25) is 0 Å². The highest BCUT2D eigenvalue weighted by atomic mass is 35.5. The molecule has 2 rings (SSSR count). The Morgan fingerprint density at radius 1 is 1.56 bits per heavy atom. The number of nitriles is 1. The molecule has 18 heavy (non-hydrogen) atoms. The zero-order chi connectivity index (χ0) is 13.0. The summed E-state index contributed by atoms with van der Waals surface area (Å²) < 4.78 is 0. The fourth-order valence-corrected chi connectivity index (χ4v) is 1.96. The summed E-state index contributed by atoms with van der Waals surface area (Å²) in [7, 11) is 0. The average Bonchev–Trinajstić information content (AvgIpc) is 2.77. The Morgan fingerprint density at radius 2 is 2.39 bits per heavy atom. The third-order valence-electron chi connectivity index (χ3n) is 2.74. The number of nitrogens with zero attached hydrogens (tertiary/aromatic N) is 2. The van der Waals surface area contributed by atoms with E-state index in [1.165, 1.54) is 0 Å². The van der Waals surface area contributed by atoms with Crippen LogP contribution in [0.1, 0.15) is 5.56 Å². The number of nitrogens with one attached hydrogen (secondary N) is 2. The molecular formula is C12H13ClN4O. The molecule has 1 fully saturated rings. The van der Waals surface area contributed by atoms with Crippen LogP contribution in [0, 0.1) is 11.3 Å². The maximum atomic E-state index is 11.3. The van der Waals surface area contributed by atoms with E-state index in [0.29, 0.717) is 30.2 Å². The molecule has 1 aliphatic heterocycles. The Balaban J connectivity index is 1.90. The molecular weight excluding hydrogens is 252 g/mol. The summed E-state index contributed by atoms with van der Waals surface area (Å²) in [4.78, 5) is 13.0. The summed E-state index contributed by atoms with van der Waals surface area (Å²) in [5.74, 6) is 0. The van der Waals surface area contributed by atoms with Gasteiger partial charge in [0.05, 0.1) is 22.3 Å². The van der Waals surface area contributed by atoms with Gasteiger partial charge in [-0.2, -0.15) is 5.26 Å². The number of amides is 2. The third kappa shape index (κ3) is 2.84. The van der Waals surface area contributed by atoms with E-state index in [1.807, 2.05) is 0 Å². The van der Waals surface area contributed by atoms with Crippen molar-refractivity contribution in [2.75, 3.05) is 31.5 Å². The number of halogens is 1. The number of carbonyl (C=O) groups is 1. The zero-order valence-electron chi connectivity index (χ0n) is 9.74. The minimum Gasteiger partial charge on any atom is -0.382 e. The molecule has 0 aromatic heterocycles. The van der Waals surface area contributed by atoms with Gasteiger partial charge in [-0.05, 0) is 18.2 Å². The fourth-order valence-electron chi connectivity index (χ4n) is 1.78. The third-order valence-corrected chi connectivity index (χ3v) is 3.07. The fraction of sp³-hybridized carbons (Fsp3) is 0.333. The van der Waals surface area contributed by atoms with Crippen LogP contribution >= 0.6 is 11.6 Å². The van der Waals surface area contributed by atoms with Crippen LogP contribution in [0.15, 0.2) is 18.2 Å². The zero-order valence-corrected chi connectivity index (χ0v) is 10.5. The first-order valence-electron chi connectivity index (χ1n) is 5.67. The number of hydrogen-bond acceptors (Lipinski definition) is 3. The Bertz CT molecular complexity index is 497. The monoisotopic (exact) mass is 264 g/mol. The number of rotatable bonds is 4. The average molecular weight is 265 g/mol. The SMILES string of the molecule is N#Cc1ccc(Cl)c(NCCN2CCNC2=O)c1. The molecule has 0 atom stereocenters. The number of carbonyl (C=O) groups excluding carboxylic acids is 1. The molecule has 2 N–H and O–H groups in total. The van der Waals surface area contributed by atoms with Crippen LogP contribution in [0.3, 0.4) is 0 Å². The standard InChI is InChI=1S/C12H13ClN4O/c13-10-2-1-9(8-14)7-11(10)15-3-5-17-6-4-16-12(17)18/h1-2,7,15H,3-6H2,(H,16,18). The van der Waals surface area contributed by atoms with Crippen molar-refractivity contribution < 1.29 is 4.79 Å². The molecule has 5 nitrogen and oxygen atoms in total. The van der Waals surface area contributed by atoms with E-state index in [-0.39, 0.29) is 6.03 Å². The van der Waals surface area contributed by atoms with Crippen molar-refractivity contribution in [3.8, 4) is 6.07 Å². The number of hydrogen-bond donors (Lipinski definition) is 2. The maximum Gasteiger partial charge on any atom is 0.317 e. The smallest absolute Gasteiger partial charge is 0.317 e. The highest BCUT2D eigenvalue weighted by molar-refractivity contribution is 6.33. The normalized spacial score (nSPS) is 14.2. The largest absolute Gasteiger partial charge is 0.382 e. The number of benzene rings is 1.